The molecule has 1 aliphatic rings. The molecule has 31 heavy (non-hydrogen) atoms. The first kappa shape index (κ1) is 22.0. The van der Waals surface area contributed by atoms with Gasteiger partial charge in [-0.3, -0.25) is 9.88 Å². The molecule has 1 aliphatic heterocycles. The second-order valence-electron chi connectivity index (χ2n) is 7.73. The molecule has 0 saturated carbocycles. The molecule has 1 atom stereocenters. The van der Waals surface area contributed by atoms with Crippen molar-refractivity contribution < 1.29 is 13.9 Å². The van der Waals surface area contributed by atoms with Crippen molar-refractivity contribution in [2.45, 2.75) is 56.1 Å². The van der Waals surface area contributed by atoms with Gasteiger partial charge in [-0.1, -0.05) is 17.8 Å². The van der Waals surface area contributed by atoms with Gasteiger partial charge in [0, 0.05) is 25.7 Å². The summed E-state index contributed by atoms with van der Waals surface area (Å²) >= 11 is 1.66. The van der Waals surface area contributed by atoms with Crippen molar-refractivity contribution >= 4 is 11.8 Å². The maximum atomic E-state index is 5.89. The van der Waals surface area contributed by atoms with Gasteiger partial charge in [0.25, 0.3) is 0 Å². The van der Waals surface area contributed by atoms with Gasteiger partial charge in [0.15, 0.2) is 5.16 Å². The number of hydrogen-bond acceptors (Lipinski definition) is 8. The van der Waals surface area contributed by atoms with E-state index in [9.17, 15) is 0 Å². The van der Waals surface area contributed by atoms with Crippen molar-refractivity contribution in [2.24, 2.45) is 0 Å². The molecule has 9 heteroatoms. The summed E-state index contributed by atoms with van der Waals surface area (Å²) in [5.41, 5.74) is 1.03. The lowest BCUT2D eigenvalue weighted by Gasteiger charge is -2.18. The van der Waals surface area contributed by atoms with Crippen molar-refractivity contribution in [3.8, 4) is 0 Å². The molecule has 1 saturated heterocycles. The van der Waals surface area contributed by atoms with Gasteiger partial charge in [-0.2, -0.15) is 0 Å². The van der Waals surface area contributed by atoms with E-state index in [0.717, 1.165) is 59.9 Å². The molecular weight excluding hydrogens is 414 g/mol. The first-order valence-electron chi connectivity index (χ1n) is 10.5. The fourth-order valence-corrected chi connectivity index (χ4v) is 4.51. The van der Waals surface area contributed by atoms with E-state index in [1.165, 1.54) is 0 Å². The zero-order valence-corrected chi connectivity index (χ0v) is 18.9. The summed E-state index contributed by atoms with van der Waals surface area (Å²) in [6.45, 7) is 3.45. The van der Waals surface area contributed by atoms with Crippen LogP contribution in [0.5, 0.6) is 0 Å². The second kappa shape index (κ2) is 10.9. The van der Waals surface area contributed by atoms with Crippen molar-refractivity contribution in [1.29, 1.82) is 0 Å². The third-order valence-electron chi connectivity index (χ3n) is 5.12. The van der Waals surface area contributed by atoms with E-state index in [4.69, 9.17) is 13.9 Å². The third kappa shape index (κ3) is 6.16. The molecule has 1 fully saturated rings. The minimum atomic E-state index is 0.218. The van der Waals surface area contributed by atoms with E-state index in [0.29, 0.717) is 19.7 Å². The zero-order valence-electron chi connectivity index (χ0n) is 18.1. The van der Waals surface area contributed by atoms with E-state index in [2.05, 4.69) is 31.7 Å². The summed E-state index contributed by atoms with van der Waals surface area (Å²) in [6, 6.07) is 9.92. The minimum Gasteiger partial charge on any atom is -0.462 e. The molecule has 166 valence electrons. The predicted molar refractivity (Wildman–Crippen MR) is 117 cm³/mol. The highest BCUT2D eigenvalue weighted by Gasteiger charge is 2.22. The molecule has 3 aromatic heterocycles. The second-order valence-corrected chi connectivity index (χ2v) is 8.67. The summed E-state index contributed by atoms with van der Waals surface area (Å²) < 4.78 is 19.0. The Hall–Kier alpha value is -2.20. The van der Waals surface area contributed by atoms with Crippen LogP contribution >= 0.6 is 11.8 Å². The Labute approximate surface area is 187 Å². The number of hydrogen-bond donors (Lipinski definition) is 0. The van der Waals surface area contributed by atoms with Crippen molar-refractivity contribution in [2.75, 3.05) is 20.8 Å². The number of pyridine rings is 1. The molecule has 0 radical (unpaired) electrons. The zero-order chi connectivity index (χ0) is 21.5. The van der Waals surface area contributed by atoms with Crippen LogP contribution in [0.15, 0.2) is 46.1 Å². The van der Waals surface area contributed by atoms with Gasteiger partial charge in [-0.05, 0) is 44.2 Å². The number of rotatable bonds is 11. The number of furan rings is 1. The lowest BCUT2D eigenvalue weighted by molar-refractivity contribution is 0.0933. The molecule has 8 nitrogen and oxygen atoms in total. The van der Waals surface area contributed by atoms with Gasteiger partial charge in [-0.15, -0.1) is 10.2 Å². The molecular formula is C22H29N5O3S. The van der Waals surface area contributed by atoms with Crippen molar-refractivity contribution in [3.63, 3.8) is 0 Å². The monoisotopic (exact) mass is 443 g/mol. The highest BCUT2D eigenvalue weighted by atomic mass is 32.2. The molecule has 0 aromatic carbocycles. The lowest BCUT2D eigenvalue weighted by Crippen LogP contribution is -2.23. The number of aromatic nitrogens is 4. The Balaban J connectivity index is 1.43. The standard InChI is InChI=1S/C22H29N5O3S/c1-26(12-19-8-9-20(30-19)15-28-2)14-21-24-25-22(27(21)13-18-7-5-11-29-18)31-16-17-6-3-4-10-23-17/h3-4,6,8-10,18H,5,7,11-16H2,1-2H3. The van der Waals surface area contributed by atoms with Crippen LogP contribution in [0.3, 0.4) is 0 Å². The van der Waals surface area contributed by atoms with E-state index in [-0.39, 0.29) is 6.10 Å². The Morgan fingerprint density at radius 1 is 1.19 bits per heavy atom. The highest BCUT2D eigenvalue weighted by Crippen LogP contribution is 2.24. The molecule has 0 spiro atoms. The summed E-state index contributed by atoms with van der Waals surface area (Å²) in [7, 11) is 3.73. The Morgan fingerprint density at radius 2 is 2.10 bits per heavy atom. The van der Waals surface area contributed by atoms with Gasteiger partial charge in [-0.25, -0.2) is 0 Å². The van der Waals surface area contributed by atoms with Crippen LogP contribution in [0.25, 0.3) is 0 Å². The summed E-state index contributed by atoms with van der Waals surface area (Å²) in [4.78, 5) is 6.59. The SMILES string of the molecule is COCc1ccc(CN(C)Cc2nnc(SCc3ccccn3)n2CC2CCCO2)o1. The Morgan fingerprint density at radius 3 is 2.87 bits per heavy atom. The molecule has 0 N–H and O–H groups in total. The quantitative estimate of drug-likeness (QED) is 0.417. The number of methoxy groups -OCH3 is 1. The van der Waals surface area contributed by atoms with E-state index < -0.39 is 0 Å². The van der Waals surface area contributed by atoms with Crippen LogP contribution in [0.2, 0.25) is 0 Å². The molecule has 3 aromatic rings. The Kier molecular flexibility index (Phi) is 7.74. The maximum Gasteiger partial charge on any atom is 0.191 e. The first-order valence-corrected chi connectivity index (χ1v) is 11.5. The molecule has 0 aliphatic carbocycles. The van der Waals surface area contributed by atoms with Crippen molar-refractivity contribution in [3.05, 3.63) is 59.6 Å². The average Bonchev–Trinajstić information content (AvgIpc) is 3.52. The fourth-order valence-electron chi connectivity index (χ4n) is 3.63. The summed E-state index contributed by atoms with van der Waals surface area (Å²) in [5.74, 6) is 3.44. The average molecular weight is 444 g/mol. The van der Waals surface area contributed by atoms with Gasteiger partial charge in [0.05, 0.1) is 31.4 Å². The van der Waals surface area contributed by atoms with Crippen LogP contribution in [-0.2, 0) is 41.5 Å². The topological polar surface area (TPSA) is 78.4 Å². The van der Waals surface area contributed by atoms with E-state index >= 15 is 0 Å². The number of ether oxygens (including phenoxy) is 2. The molecule has 1 unspecified atom stereocenters. The fraction of sp³-hybridized carbons (Fsp3) is 0.500. The molecule has 0 amide bonds. The van der Waals surface area contributed by atoms with Crippen LogP contribution in [0.1, 0.15) is 35.9 Å². The first-order chi connectivity index (χ1) is 15.2. The number of nitrogens with zero attached hydrogens (tertiary/aromatic N) is 5. The van der Waals surface area contributed by atoms with Crippen LogP contribution < -0.4 is 0 Å². The highest BCUT2D eigenvalue weighted by molar-refractivity contribution is 7.98. The van der Waals surface area contributed by atoms with Crippen LogP contribution in [0.4, 0.5) is 0 Å². The number of thioether (sulfide) groups is 1. The molecule has 4 rings (SSSR count). The van der Waals surface area contributed by atoms with Gasteiger partial charge in [0.2, 0.25) is 0 Å². The minimum absolute atomic E-state index is 0.218. The van der Waals surface area contributed by atoms with Gasteiger partial charge in [0.1, 0.15) is 24.0 Å². The van der Waals surface area contributed by atoms with Gasteiger partial charge < -0.3 is 18.5 Å². The third-order valence-corrected chi connectivity index (χ3v) is 6.12. The van der Waals surface area contributed by atoms with Gasteiger partial charge >= 0.3 is 0 Å². The summed E-state index contributed by atoms with van der Waals surface area (Å²) in [5, 5.41) is 9.91. The smallest absolute Gasteiger partial charge is 0.191 e. The normalized spacial score (nSPS) is 16.4. The van der Waals surface area contributed by atoms with Crippen molar-refractivity contribution in [1.82, 2.24) is 24.6 Å². The van der Waals surface area contributed by atoms with Crippen LogP contribution in [-0.4, -0.2) is 51.5 Å². The van der Waals surface area contributed by atoms with E-state index in [1.54, 1.807) is 18.9 Å². The Bertz CT molecular complexity index is 940. The van der Waals surface area contributed by atoms with Crippen LogP contribution in [0, 0.1) is 0 Å². The molecule has 0 bridgehead atoms. The predicted octanol–water partition coefficient (Wildman–Crippen LogP) is 3.52. The summed E-state index contributed by atoms with van der Waals surface area (Å²) in [6.07, 6.45) is 4.23. The molecule has 4 heterocycles. The largest absolute Gasteiger partial charge is 0.462 e. The maximum absolute atomic E-state index is 5.89. The van der Waals surface area contributed by atoms with E-state index in [1.807, 2.05) is 36.5 Å². The lowest BCUT2D eigenvalue weighted by atomic mass is 10.2.